The molecule has 0 radical (unpaired) electrons. The van der Waals surface area contributed by atoms with Crippen LogP contribution in [0.4, 0.5) is 5.69 Å². The number of nitrogens with zero attached hydrogens (tertiary/aromatic N) is 3. The van der Waals surface area contributed by atoms with Crippen LogP contribution in [0.2, 0.25) is 0 Å². The van der Waals surface area contributed by atoms with Gasteiger partial charge in [-0.1, -0.05) is 25.1 Å². The van der Waals surface area contributed by atoms with Crippen molar-refractivity contribution in [3.05, 3.63) is 30.3 Å². The molecule has 21 heavy (non-hydrogen) atoms. The zero-order chi connectivity index (χ0) is 15.1. The Hall–Kier alpha value is -1.57. The van der Waals surface area contributed by atoms with E-state index in [0.29, 0.717) is 0 Å². The van der Waals surface area contributed by atoms with Gasteiger partial charge in [-0.2, -0.15) is 5.26 Å². The first-order valence-electron chi connectivity index (χ1n) is 7.89. The molecule has 1 fully saturated rings. The van der Waals surface area contributed by atoms with Crippen LogP contribution in [-0.4, -0.2) is 43.2 Å². The van der Waals surface area contributed by atoms with Crippen molar-refractivity contribution in [2.24, 2.45) is 5.73 Å². The highest BCUT2D eigenvalue weighted by Gasteiger charge is 2.22. The molecule has 0 bridgehead atoms. The van der Waals surface area contributed by atoms with Crippen LogP contribution in [0.5, 0.6) is 0 Å². The standard InChI is InChI=1S/C17H26N4/c1-2-17(19,15-18)9-6-10-20-11-13-21(14-12-20)16-7-4-3-5-8-16/h3-5,7-8H,2,6,9-14,19H2,1H3. The van der Waals surface area contributed by atoms with Crippen LogP contribution in [0.3, 0.4) is 0 Å². The Morgan fingerprint density at radius 1 is 1.19 bits per heavy atom. The quantitative estimate of drug-likeness (QED) is 0.871. The van der Waals surface area contributed by atoms with E-state index in [4.69, 9.17) is 11.0 Å². The van der Waals surface area contributed by atoms with Crippen LogP contribution >= 0.6 is 0 Å². The summed E-state index contributed by atoms with van der Waals surface area (Å²) in [5, 5.41) is 9.09. The van der Waals surface area contributed by atoms with E-state index in [1.807, 2.05) is 6.92 Å². The van der Waals surface area contributed by atoms with E-state index in [2.05, 4.69) is 46.2 Å². The van der Waals surface area contributed by atoms with Gasteiger partial charge in [-0.05, 0) is 37.9 Å². The summed E-state index contributed by atoms with van der Waals surface area (Å²) >= 11 is 0. The number of para-hydroxylation sites is 1. The molecule has 2 N–H and O–H groups in total. The van der Waals surface area contributed by atoms with Gasteiger partial charge in [0.15, 0.2) is 0 Å². The maximum atomic E-state index is 9.09. The van der Waals surface area contributed by atoms with Crippen molar-refractivity contribution in [1.29, 1.82) is 5.26 Å². The highest BCUT2D eigenvalue weighted by Crippen LogP contribution is 2.17. The first-order chi connectivity index (χ1) is 10.2. The molecule has 1 unspecified atom stereocenters. The summed E-state index contributed by atoms with van der Waals surface area (Å²) in [4.78, 5) is 4.91. The number of benzene rings is 1. The summed E-state index contributed by atoms with van der Waals surface area (Å²) in [7, 11) is 0. The fraction of sp³-hybridized carbons (Fsp3) is 0.588. The summed E-state index contributed by atoms with van der Waals surface area (Å²) in [6.45, 7) is 7.36. The van der Waals surface area contributed by atoms with Crippen molar-refractivity contribution in [3.8, 4) is 6.07 Å². The molecular formula is C17H26N4. The Morgan fingerprint density at radius 2 is 1.86 bits per heavy atom. The summed E-state index contributed by atoms with van der Waals surface area (Å²) < 4.78 is 0. The van der Waals surface area contributed by atoms with Gasteiger partial charge in [0.2, 0.25) is 0 Å². The molecule has 1 aliphatic rings. The van der Waals surface area contributed by atoms with E-state index in [0.717, 1.165) is 52.0 Å². The smallest absolute Gasteiger partial charge is 0.104 e. The molecule has 1 saturated heterocycles. The Morgan fingerprint density at radius 3 is 2.43 bits per heavy atom. The number of nitrogens with two attached hydrogens (primary N) is 1. The molecule has 4 nitrogen and oxygen atoms in total. The minimum Gasteiger partial charge on any atom is -0.369 e. The van der Waals surface area contributed by atoms with E-state index in [9.17, 15) is 0 Å². The van der Waals surface area contributed by atoms with E-state index in [1.54, 1.807) is 0 Å². The third-order valence-corrected chi connectivity index (χ3v) is 4.44. The molecule has 1 aromatic carbocycles. The predicted molar refractivity (Wildman–Crippen MR) is 87.2 cm³/mol. The lowest BCUT2D eigenvalue weighted by molar-refractivity contribution is 0.246. The van der Waals surface area contributed by atoms with Gasteiger partial charge in [-0.25, -0.2) is 0 Å². The number of anilines is 1. The molecule has 2 rings (SSSR count). The zero-order valence-electron chi connectivity index (χ0n) is 13.0. The van der Waals surface area contributed by atoms with Crippen LogP contribution in [0.25, 0.3) is 0 Å². The minimum atomic E-state index is -0.633. The Labute approximate surface area is 128 Å². The van der Waals surface area contributed by atoms with Gasteiger partial charge in [-0.3, -0.25) is 4.90 Å². The third kappa shape index (κ3) is 4.45. The van der Waals surface area contributed by atoms with Crippen molar-refractivity contribution in [2.75, 3.05) is 37.6 Å². The molecule has 0 spiro atoms. The van der Waals surface area contributed by atoms with E-state index in [1.165, 1.54) is 5.69 Å². The maximum Gasteiger partial charge on any atom is 0.104 e. The van der Waals surface area contributed by atoms with Gasteiger partial charge in [0.25, 0.3) is 0 Å². The Bertz CT molecular complexity index is 459. The van der Waals surface area contributed by atoms with Gasteiger partial charge < -0.3 is 10.6 Å². The van der Waals surface area contributed by atoms with Gasteiger partial charge in [0.1, 0.15) is 5.54 Å². The maximum absolute atomic E-state index is 9.09. The van der Waals surface area contributed by atoms with Gasteiger partial charge in [0.05, 0.1) is 6.07 Å². The largest absolute Gasteiger partial charge is 0.369 e. The number of nitriles is 1. The minimum absolute atomic E-state index is 0.633. The van der Waals surface area contributed by atoms with Crippen molar-refractivity contribution in [3.63, 3.8) is 0 Å². The molecule has 4 heteroatoms. The predicted octanol–water partition coefficient (Wildman–Crippen LogP) is 2.22. The van der Waals surface area contributed by atoms with Crippen LogP contribution in [0.15, 0.2) is 30.3 Å². The summed E-state index contributed by atoms with van der Waals surface area (Å²) in [5.41, 5.74) is 6.70. The second kappa shape index (κ2) is 7.44. The van der Waals surface area contributed by atoms with Gasteiger partial charge in [0, 0.05) is 31.9 Å². The number of rotatable bonds is 6. The summed E-state index contributed by atoms with van der Waals surface area (Å²) in [6, 6.07) is 12.8. The van der Waals surface area contributed by atoms with E-state index < -0.39 is 5.54 Å². The number of hydrogen-bond acceptors (Lipinski definition) is 4. The third-order valence-electron chi connectivity index (χ3n) is 4.44. The molecule has 1 aromatic rings. The monoisotopic (exact) mass is 286 g/mol. The van der Waals surface area contributed by atoms with E-state index in [-0.39, 0.29) is 0 Å². The molecule has 1 atom stereocenters. The average Bonchev–Trinajstić information content (AvgIpc) is 2.56. The first-order valence-corrected chi connectivity index (χ1v) is 7.89. The van der Waals surface area contributed by atoms with E-state index >= 15 is 0 Å². The van der Waals surface area contributed by atoms with Crippen LogP contribution in [0.1, 0.15) is 26.2 Å². The van der Waals surface area contributed by atoms with Gasteiger partial charge in [-0.15, -0.1) is 0 Å². The highest BCUT2D eigenvalue weighted by molar-refractivity contribution is 5.46. The number of hydrogen-bond donors (Lipinski definition) is 1. The molecule has 0 aromatic heterocycles. The normalized spacial score (nSPS) is 19.0. The lowest BCUT2D eigenvalue weighted by atomic mass is 9.93. The molecule has 114 valence electrons. The van der Waals surface area contributed by atoms with Crippen LogP contribution < -0.4 is 10.6 Å². The lowest BCUT2D eigenvalue weighted by Gasteiger charge is -2.36. The van der Waals surface area contributed by atoms with Crippen molar-refractivity contribution >= 4 is 5.69 Å². The summed E-state index contributed by atoms with van der Waals surface area (Å²) in [5.74, 6) is 0. The fourth-order valence-electron chi connectivity index (χ4n) is 2.80. The van der Waals surface area contributed by atoms with Crippen molar-refractivity contribution in [1.82, 2.24) is 4.90 Å². The molecular weight excluding hydrogens is 260 g/mol. The van der Waals surface area contributed by atoms with Crippen molar-refractivity contribution < 1.29 is 0 Å². The topological polar surface area (TPSA) is 56.3 Å². The first kappa shape index (κ1) is 15.8. The molecule has 1 aliphatic heterocycles. The molecule has 1 heterocycles. The second-order valence-corrected chi connectivity index (χ2v) is 5.89. The highest BCUT2D eigenvalue weighted by atomic mass is 15.3. The van der Waals surface area contributed by atoms with Crippen molar-refractivity contribution in [2.45, 2.75) is 31.7 Å². The summed E-state index contributed by atoms with van der Waals surface area (Å²) in [6.07, 6.45) is 2.52. The second-order valence-electron chi connectivity index (χ2n) is 5.89. The SMILES string of the molecule is CCC(N)(C#N)CCCN1CCN(c2ccccc2)CC1. The van der Waals surface area contributed by atoms with Crippen LogP contribution in [-0.2, 0) is 0 Å². The zero-order valence-corrected chi connectivity index (χ0v) is 13.0. The fourth-order valence-corrected chi connectivity index (χ4v) is 2.80. The molecule has 0 saturated carbocycles. The average molecular weight is 286 g/mol. The Kier molecular flexibility index (Phi) is 5.60. The molecule has 0 amide bonds. The lowest BCUT2D eigenvalue weighted by Crippen LogP contribution is -2.47. The molecule has 0 aliphatic carbocycles. The number of piperazine rings is 1. The van der Waals surface area contributed by atoms with Gasteiger partial charge >= 0.3 is 0 Å². The van der Waals surface area contributed by atoms with Crippen LogP contribution in [0, 0.1) is 11.3 Å². The Balaban J connectivity index is 1.72.